The zero-order valence-corrected chi connectivity index (χ0v) is 17.6. The number of rotatable bonds is 6. The molecule has 31 heavy (non-hydrogen) atoms. The van der Waals surface area contributed by atoms with Crippen molar-refractivity contribution in [3.63, 3.8) is 0 Å². The topological polar surface area (TPSA) is 75.2 Å². The van der Waals surface area contributed by atoms with E-state index in [2.05, 4.69) is 4.98 Å². The van der Waals surface area contributed by atoms with Crippen LogP contribution in [-0.4, -0.2) is 39.2 Å². The number of nitrogens with one attached hydrogen (secondary N) is 1. The van der Waals surface area contributed by atoms with Crippen LogP contribution in [0.4, 0.5) is 4.39 Å². The smallest absolute Gasteiger partial charge is 0.257 e. The minimum Gasteiger partial charge on any atom is -0.350 e. The molecule has 0 radical (unpaired) electrons. The summed E-state index contributed by atoms with van der Waals surface area (Å²) in [6, 6.07) is 9.40. The molecule has 0 aliphatic carbocycles. The Morgan fingerprint density at radius 1 is 1.13 bits per heavy atom. The first-order valence-corrected chi connectivity index (χ1v) is 10.7. The Morgan fingerprint density at radius 3 is 2.55 bits per heavy atom. The van der Waals surface area contributed by atoms with Crippen molar-refractivity contribution in [2.24, 2.45) is 13.0 Å². The number of amides is 1. The lowest BCUT2D eigenvalue weighted by Crippen LogP contribution is -2.40. The molecule has 1 aromatic carbocycles. The maximum Gasteiger partial charge on any atom is 0.257 e. The third kappa shape index (κ3) is 4.60. The summed E-state index contributed by atoms with van der Waals surface area (Å²) >= 11 is 0. The SMILES string of the molecule is Cn1ccc2c(=O)[nH]c(CCCC(=O)N3CCC(C(=O)c4ccc(F)cc4)CC3)cc21. The number of halogens is 1. The molecule has 0 unspecified atom stereocenters. The van der Waals surface area contributed by atoms with Gasteiger partial charge in [0.1, 0.15) is 5.82 Å². The highest BCUT2D eigenvalue weighted by Gasteiger charge is 2.27. The quantitative estimate of drug-likeness (QED) is 0.617. The number of pyridine rings is 1. The van der Waals surface area contributed by atoms with E-state index in [0.717, 1.165) is 11.2 Å². The number of H-pyrrole nitrogens is 1. The van der Waals surface area contributed by atoms with Crippen LogP contribution in [0, 0.1) is 11.7 Å². The van der Waals surface area contributed by atoms with Crippen molar-refractivity contribution in [2.75, 3.05) is 13.1 Å². The van der Waals surface area contributed by atoms with Gasteiger partial charge in [0, 0.05) is 49.9 Å². The van der Waals surface area contributed by atoms with Gasteiger partial charge in [0.25, 0.3) is 5.56 Å². The number of aryl methyl sites for hydroxylation is 2. The Labute approximate surface area is 179 Å². The number of Topliss-reactive ketones (excluding diaryl/α,β-unsaturated/α-hetero) is 1. The van der Waals surface area contributed by atoms with E-state index in [-0.39, 0.29) is 29.0 Å². The molecule has 2 aromatic heterocycles. The van der Waals surface area contributed by atoms with Crippen molar-refractivity contribution in [3.8, 4) is 0 Å². The fraction of sp³-hybridized carbons (Fsp3) is 0.375. The van der Waals surface area contributed by atoms with E-state index in [4.69, 9.17) is 0 Å². The van der Waals surface area contributed by atoms with Gasteiger partial charge in [-0.1, -0.05) is 0 Å². The summed E-state index contributed by atoms with van der Waals surface area (Å²) in [5.74, 6) is -0.386. The fourth-order valence-electron chi connectivity index (χ4n) is 4.29. The molecule has 1 amide bonds. The van der Waals surface area contributed by atoms with Crippen molar-refractivity contribution in [2.45, 2.75) is 32.1 Å². The number of fused-ring (bicyclic) bond motifs is 1. The average molecular weight is 423 g/mol. The summed E-state index contributed by atoms with van der Waals surface area (Å²) in [6.07, 6.45) is 4.79. The van der Waals surface area contributed by atoms with Crippen LogP contribution in [0.5, 0.6) is 0 Å². The predicted molar refractivity (Wildman–Crippen MR) is 117 cm³/mol. The fourth-order valence-corrected chi connectivity index (χ4v) is 4.29. The number of ketones is 1. The van der Waals surface area contributed by atoms with Crippen LogP contribution in [0.15, 0.2) is 47.4 Å². The van der Waals surface area contributed by atoms with Crippen molar-refractivity contribution >= 4 is 22.6 Å². The Balaban J connectivity index is 1.27. The van der Waals surface area contributed by atoms with Crippen molar-refractivity contribution in [3.05, 3.63) is 70.0 Å². The second-order valence-corrected chi connectivity index (χ2v) is 8.23. The first kappa shape index (κ1) is 21.0. The Hall–Kier alpha value is -3.22. The molecule has 0 spiro atoms. The third-order valence-electron chi connectivity index (χ3n) is 6.13. The van der Waals surface area contributed by atoms with E-state index in [1.54, 1.807) is 6.07 Å². The number of hydrogen-bond acceptors (Lipinski definition) is 3. The number of carbonyl (C=O) groups is 2. The van der Waals surface area contributed by atoms with Crippen molar-refractivity contribution in [1.29, 1.82) is 0 Å². The summed E-state index contributed by atoms with van der Waals surface area (Å²) < 4.78 is 15.0. The zero-order valence-electron chi connectivity index (χ0n) is 17.6. The lowest BCUT2D eigenvalue weighted by atomic mass is 9.88. The molecule has 4 rings (SSSR count). The summed E-state index contributed by atoms with van der Waals surface area (Å²) in [5.41, 5.74) is 2.14. The molecule has 0 bridgehead atoms. The molecule has 1 aliphatic heterocycles. The van der Waals surface area contributed by atoms with E-state index >= 15 is 0 Å². The Bertz CT molecular complexity index is 1160. The van der Waals surface area contributed by atoms with Gasteiger partial charge in [-0.05, 0) is 62.1 Å². The predicted octanol–water partition coefficient (Wildman–Crippen LogP) is 3.45. The third-order valence-corrected chi connectivity index (χ3v) is 6.13. The lowest BCUT2D eigenvalue weighted by Gasteiger charge is -2.31. The van der Waals surface area contributed by atoms with Gasteiger partial charge in [-0.25, -0.2) is 4.39 Å². The van der Waals surface area contributed by atoms with Crippen LogP contribution in [0.1, 0.15) is 41.7 Å². The number of carbonyl (C=O) groups excluding carboxylic acids is 2. The summed E-state index contributed by atoms with van der Waals surface area (Å²) in [7, 11) is 1.90. The molecule has 1 aliphatic rings. The maximum absolute atomic E-state index is 13.1. The van der Waals surface area contributed by atoms with E-state index in [0.29, 0.717) is 56.1 Å². The Kier molecular flexibility index (Phi) is 6.02. The van der Waals surface area contributed by atoms with Gasteiger partial charge >= 0.3 is 0 Å². The van der Waals surface area contributed by atoms with Crippen LogP contribution in [-0.2, 0) is 18.3 Å². The van der Waals surface area contributed by atoms with E-state index in [1.165, 1.54) is 24.3 Å². The first-order valence-electron chi connectivity index (χ1n) is 10.7. The van der Waals surface area contributed by atoms with Gasteiger partial charge in [0.2, 0.25) is 5.91 Å². The van der Waals surface area contributed by atoms with Crippen LogP contribution < -0.4 is 5.56 Å². The van der Waals surface area contributed by atoms with E-state index in [1.807, 2.05) is 28.8 Å². The van der Waals surface area contributed by atoms with Gasteiger partial charge in [0.15, 0.2) is 5.78 Å². The van der Waals surface area contributed by atoms with Crippen molar-refractivity contribution in [1.82, 2.24) is 14.5 Å². The highest BCUT2D eigenvalue weighted by Crippen LogP contribution is 2.23. The minimum absolute atomic E-state index is 0.0205. The molecule has 7 heteroatoms. The zero-order chi connectivity index (χ0) is 22.0. The summed E-state index contributed by atoms with van der Waals surface area (Å²) in [6.45, 7) is 1.12. The minimum atomic E-state index is -0.357. The van der Waals surface area contributed by atoms with Gasteiger partial charge < -0.3 is 14.5 Å². The largest absolute Gasteiger partial charge is 0.350 e. The monoisotopic (exact) mass is 423 g/mol. The second-order valence-electron chi connectivity index (χ2n) is 8.23. The molecular formula is C24H26FN3O3. The normalized spacial score (nSPS) is 14.8. The van der Waals surface area contributed by atoms with Gasteiger partial charge in [-0.15, -0.1) is 0 Å². The number of aromatic amines is 1. The number of nitrogens with zero attached hydrogens (tertiary/aromatic N) is 2. The van der Waals surface area contributed by atoms with Crippen LogP contribution in [0.25, 0.3) is 10.9 Å². The van der Waals surface area contributed by atoms with Crippen LogP contribution in [0.3, 0.4) is 0 Å². The number of aromatic nitrogens is 2. The summed E-state index contributed by atoms with van der Waals surface area (Å²) in [5, 5.41) is 0.667. The molecule has 162 valence electrons. The van der Waals surface area contributed by atoms with Gasteiger partial charge in [-0.3, -0.25) is 14.4 Å². The highest BCUT2D eigenvalue weighted by molar-refractivity contribution is 5.98. The molecule has 1 N–H and O–H groups in total. The van der Waals surface area contributed by atoms with E-state index < -0.39 is 0 Å². The van der Waals surface area contributed by atoms with Gasteiger partial charge in [0.05, 0.1) is 10.9 Å². The molecule has 0 atom stereocenters. The molecule has 1 saturated heterocycles. The molecule has 1 fully saturated rings. The lowest BCUT2D eigenvalue weighted by molar-refractivity contribution is -0.132. The second kappa shape index (κ2) is 8.88. The highest BCUT2D eigenvalue weighted by atomic mass is 19.1. The summed E-state index contributed by atoms with van der Waals surface area (Å²) in [4.78, 5) is 42.1. The Morgan fingerprint density at radius 2 is 1.84 bits per heavy atom. The van der Waals surface area contributed by atoms with Crippen molar-refractivity contribution < 1.29 is 14.0 Å². The number of piperidine rings is 1. The maximum atomic E-state index is 13.1. The number of hydrogen-bond donors (Lipinski definition) is 1. The molecule has 6 nitrogen and oxygen atoms in total. The molecule has 3 aromatic rings. The van der Waals surface area contributed by atoms with Gasteiger partial charge in [-0.2, -0.15) is 0 Å². The number of likely N-dealkylation sites (tertiary alicyclic amines) is 1. The molecule has 0 saturated carbocycles. The van der Waals surface area contributed by atoms with E-state index in [9.17, 15) is 18.8 Å². The first-order chi connectivity index (χ1) is 14.9. The standard InChI is InChI=1S/C24H26FN3O3/c1-27-12-11-20-21(27)15-19(26-24(20)31)3-2-4-22(29)28-13-9-17(10-14-28)23(30)16-5-7-18(25)8-6-16/h5-8,11-12,15,17H,2-4,9-10,13-14H2,1H3,(H,26,31). The van der Waals surface area contributed by atoms with Crippen LogP contribution >= 0.6 is 0 Å². The van der Waals surface area contributed by atoms with Crippen LogP contribution in [0.2, 0.25) is 0 Å². The number of benzene rings is 1. The average Bonchev–Trinajstić information content (AvgIpc) is 3.15. The molecular weight excluding hydrogens is 397 g/mol. The molecule has 3 heterocycles.